The quantitative estimate of drug-likeness (QED) is 0.638. The molecule has 0 spiro atoms. The third-order valence-corrected chi connectivity index (χ3v) is 4.15. The molecular weight excluding hydrogens is 392 g/mol. The summed E-state index contributed by atoms with van der Waals surface area (Å²) in [6, 6.07) is 9.44. The first-order valence-electron chi connectivity index (χ1n) is 5.63. The highest BCUT2D eigenvalue weighted by molar-refractivity contribution is 14.1. The number of hydrogen-bond donors (Lipinski definition) is 1. The van der Waals surface area contributed by atoms with E-state index in [1.807, 2.05) is 28.7 Å². The number of amides is 1. The molecule has 0 radical (unpaired) electrons. The Morgan fingerprint density at radius 3 is 2.90 bits per heavy atom. The highest BCUT2D eigenvalue weighted by Gasteiger charge is 2.15. The lowest BCUT2D eigenvalue weighted by molar-refractivity contribution is 0.102. The van der Waals surface area contributed by atoms with E-state index in [2.05, 4.69) is 14.0 Å². The molecule has 0 saturated carbocycles. The number of halogens is 2. The Balaban J connectivity index is 1.91. The van der Waals surface area contributed by atoms with Crippen LogP contribution >= 0.6 is 22.6 Å². The van der Waals surface area contributed by atoms with Crippen molar-refractivity contribution in [1.82, 2.24) is 0 Å². The lowest BCUT2D eigenvalue weighted by atomic mass is 10.2. The number of anilines is 1. The van der Waals surface area contributed by atoms with E-state index in [4.69, 9.17) is 0 Å². The van der Waals surface area contributed by atoms with Gasteiger partial charge in [0.1, 0.15) is 17.2 Å². The minimum absolute atomic E-state index is 0.296. The van der Waals surface area contributed by atoms with E-state index in [1.165, 1.54) is 18.2 Å². The van der Waals surface area contributed by atoms with Gasteiger partial charge in [0.15, 0.2) is 0 Å². The Hall–Kier alpha value is -1.61. The second-order valence-corrected chi connectivity index (χ2v) is 5.71. The topological polar surface area (TPSA) is 53.8 Å². The van der Waals surface area contributed by atoms with Crippen LogP contribution in [0.2, 0.25) is 0 Å². The molecule has 0 aliphatic carbocycles. The number of benzene rings is 2. The summed E-state index contributed by atoms with van der Waals surface area (Å²) in [6.45, 7) is 0. The zero-order valence-corrected chi connectivity index (χ0v) is 12.9. The van der Waals surface area contributed by atoms with Gasteiger partial charge in [-0.1, -0.05) is 6.07 Å². The van der Waals surface area contributed by atoms with Crippen LogP contribution in [0.25, 0.3) is 0 Å². The molecule has 0 saturated heterocycles. The van der Waals surface area contributed by atoms with E-state index in [0.29, 0.717) is 20.5 Å². The van der Waals surface area contributed by atoms with E-state index in [1.54, 1.807) is 12.1 Å². The number of nitrogens with one attached hydrogen (secondary N) is 1. The molecule has 1 N–H and O–H groups in total. The first kappa shape index (κ1) is 13.4. The lowest BCUT2D eigenvalue weighted by Crippen LogP contribution is -2.13. The van der Waals surface area contributed by atoms with Crippen molar-refractivity contribution in [3.05, 3.63) is 51.3 Å². The van der Waals surface area contributed by atoms with Gasteiger partial charge in [0.2, 0.25) is 0 Å². The van der Waals surface area contributed by atoms with Gasteiger partial charge >= 0.3 is 0 Å². The lowest BCUT2D eigenvalue weighted by Gasteiger charge is -2.09. The number of carbonyl (C=O) groups is 1. The summed E-state index contributed by atoms with van der Waals surface area (Å²) in [7, 11) is 0. The van der Waals surface area contributed by atoms with Gasteiger partial charge in [-0.15, -0.1) is 0 Å². The second-order valence-electron chi connectivity index (χ2n) is 4.02. The van der Waals surface area contributed by atoms with Gasteiger partial charge in [0.25, 0.3) is 5.91 Å². The Kier molecular flexibility index (Phi) is 3.62. The van der Waals surface area contributed by atoms with Gasteiger partial charge in [-0.25, -0.2) is 4.39 Å². The molecule has 4 nitrogen and oxygen atoms in total. The molecule has 0 fully saturated rings. The molecule has 7 heteroatoms. The molecule has 1 heterocycles. The monoisotopic (exact) mass is 399 g/mol. The molecule has 20 heavy (non-hydrogen) atoms. The van der Waals surface area contributed by atoms with Crippen LogP contribution in [-0.4, -0.2) is 5.91 Å². The minimum atomic E-state index is -0.364. The van der Waals surface area contributed by atoms with Crippen molar-refractivity contribution >= 4 is 56.9 Å². The maximum Gasteiger partial charge on any atom is 0.256 e. The fourth-order valence-electron chi connectivity index (χ4n) is 1.77. The molecule has 1 amide bonds. The molecule has 1 aliphatic heterocycles. The van der Waals surface area contributed by atoms with Crippen molar-refractivity contribution in [3.63, 3.8) is 0 Å². The summed E-state index contributed by atoms with van der Waals surface area (Å²) < 4.78 is 21.9. The average molecular weight is 399 g/mol. The van der Waals surface area contributed by atoms with Crippen molar-refractivity contribution < 1.29 is 9.18 Å². The number of rotatable bonds is 2. The van der Waals surface area contributed by atoms with E-state index >= 15 is 0 Å². The normalized spacial score (nSPS) is 11.9. The fourth-order valence-corrected chi connectivity index (χ4v) is 3.04. The van der Waals surface area contributed by atoms with Gasteiger partial charge < -0.3 is 5.32 Å². The zero-order valence-electron chi connectivity index (χ0n) is 9.93. The summed E-state index contributed by atoms with van der Waals surface area (Å²) in [5.41, 5.74) is 2.41. The fraction of sp³-hybridized carbons (Fsp3) is 0. The third kappa shape index (κ3) is 2.50. The first-order valence-corrected chi connectivity index (χ1v) is 7.44. The molecule has 0 unspecified atom stereocenters. The van der Waals surface area contributed by atoms with E-state index in [-0.39, 0.29) is 11.7 Å². The molecule has 2 aromatic carbocycles. The molecule has 1 aliphatic rings. The van der Waals surface area contributed by atoms with E-state index in [0.717, 1.165) is 17.0 Å². The van der Waals surface area contributed by atoms with Crippen LogP contribution in [0.4, 0.5) is 21.5 Å². The van der Waals surface area contributed by atoms with Crippen molar-refractivity contribution in [2.24, 2.45) is 8.73 Å². The number of nitrogens with zero attached hydrogens (tertiary/aromatic N) is 2. The van der Waals surface area contributed by atoms with Crippen LogP contribution in [0, 0.1) is 9.39 Å². The maximum absolute atomic E-state index is 13.1. The van der Waals surface area contributed by atoms with Crippen molar-refractivity contribution in [2.75, 3.05) is 5.32 Å². The number of fused-ring (bicyclic) bond motifs is 1. The molecular formula is C13H7FIN3OS. The van der Waals surface area contributed by atoms with Gasteiger partial charge in [-0.05, 0) is 52.9 Å². The largest absolute Gasteiger partial charge is 0.320 e. The molecule has 0 bridgehead atoms. The van der Waals surface area contributed by atoms with Crippen LogP contribution < -0.4 is 5.32 Å². The maximum atomic E-state index is 13.1. The SMILES string of the molecule is O=C(Nc1cccc2c1N=S=N2)c1ccc(F)cc1I. The summed E-state index contributed by atoms with van der Waals surface area (Å²) in [5.74, 6) is -0.661. The second kappa shape index (κ2) is 5.41. The molecule has 2 aromatic rings. The van der Waals surface area contributed by atoms with Crippen LogP contribution in [0.1, 0.15) is 10.4 Å². The average Bonchev–Trinajstić information content (AvgIpc) is 2.87. The highest BCUT2D eigenvalue weighted by atomic mass is 127. The van der Waals surface area contributed by atoms with Crippen LogP contribution in [0.15, 0.2) is 45.1 Å². The Morgan fingerprint density at radius 2 is 2.10 bits per heavy atom. The van der Waals surface area contributed by atoms with Crippen LogP contribution in [0.5, 0.6) is 0 Å². The zero-order chi connectivity index (χ0) is 14.1. The van der Waals surface area contributed by atoms with Crippen molar-refractivity contribution in [1.29, 1.82) is 0 Å². The smallest absolute Gasteiger partial charge is 0.256 e. The predicted molar refractivity (Wildman–Crippen MR) is 85.1 cm³/mol. The van der Waals surface area contributed by atoms with Gasteiger partial charge in [-0.3, -0.25) is 4.79 Å². The Labute approximate surface area is 131 Å². The van der Waals surface area contributed by atoms with Crippen molar-refractivity contribution in [3.8, 4) is 0 Å². The van der Waals surface area contributed by atoms with Gasteiger partial charge in [0, 0.05) is 3.57 Å². The predicted octanol–water partition coefficient (Wildman–Crippen LogP) is 4.41. The standard InChI is InChI=1S/C13H7FIN3OS/c14-7-4-5-8(9(15)6-7)13(19)16-10-2-1-3-11-12(10)18-20-17-11/h1-6H,(H,16,19). The molecule has 0 aromatic heterocycles. The van der Waals surface area contributed by atoms with Gasteiger partial charge in [0.05, 0.1) is 22.6 Å². The Morgan fingerprint density at radius 1 is 1.25 bits per heavy atom. The number of carbonyl (C=O) groups excluding carboxylic acids is 1. The van der Waals surface area contributed by atoms with Gasteiger partial charge in [-0.2, -0.15) is 8.73 Å². The summed E-state index contributed by atoms with van der Waals surface area (Å²) in [4.78, 5) is 12.2. The minimum Gasteiger partial charge on any atom is -0.320 e. The third-order valence-electron chi connectivity index (χ3n) is 2.71. The van der Waals surface area contributed by atoms with E-state index < -0.39 is 0 Å². The molecule has 3 rings (SSSR count). The Bertz CT molecular complexity index is 787. The summed E-state index contributed by atoms with van der Waals surface area (Å²) in [5, 5.41) is 2.79. The van der Waals surface area contributed by atoms with Crippen LogP contribution in [0.3, 0.4) is 0 Å². The van der Waals surface area contributed by atoms with Crippen LogP contribution in [-0.2, 0) is 11.4 Å². The van der Waals surface area contributed by atoms with E-state index in [9.17, 15) is 9.18 Å². The molecule has 0 atom stereocenters. The molecule has 100 valence electrons. The van der Waals surface area contributed by atoms with Crippen molar-refractivity contribution in [2.45, 2.75) is 0 Å². The summed E-state index contributed by atoms with van der Waals surface area (Å²) in [6.07, 6.45) is 0. The number of hydrogen-bond acceptors (Lipinski definition) is 3. The first-order chi connectivity index (χ1) is 9.65. The summed E-state index contributed by atoms with van der Waals surface area (Å²) >= 11 is 3.03. The highest BCUT2D eigenvalue weighted by Crippen LogP contribution is 2.38.